The number of nitrogens with zero attached hydrogens (tertiary/aromatic N) is 3. The van der Waals surface area contributed by atoms with Crippen molar-refractivity contribution in [1.29, 1.82) is 0 Å². The van der Waals surface area contributed by atoms with Crippen LogP contribution < -0.4 is 10.9 Å². The molecule has 4 rings (SSSR count). The SMILES string of the molecule is CCCNc1nnc(SC(C)c2nc3scc(-c4ccco4)c3c(=O)[nH]2)s1. The number of thiophene rings is 1. The Morgan fingerprint density at radius 1 is 1.41 bits per heavy atom. The van der Waals surface area contributed by atoms with Crippen LogP contribution in [0.15, 0.2) is 37.3 Å². The van der Waals surface area contributed by atoms with Crippen molar-refractivity contribution in [3.05, 3.63) is 40.0 Å². The molecule has 0 aliphatic rings. The lowest BCUT2D eigenvalue weighted by Crippen LogP contribution is -2.12. The van der Waals surface area contributed by atoms with Gasteiger partial charge in [0.1, 0.15) is 16.4 Å². The van der Waals surface area contributed by atoms with E-state index in [0.29, 0.717) is 21.8 Å². The quantitative estimate of drug-likeness (QED) is 0.416. The van der Waals surface area contributed by atoms with Crippen molar-refractivity contribution in [2.24, 2.45) is 0 Å². The molecule has 4 aromatic heterocycles. The van der Waals surface area contributed by atoms with Crippen LogP contribution in [0, 0.1) is 0 Å². The molecule has 27 heavy (non-hydrogen) atoms. The Balaban J connectivity index is 1.58. The van der Waals surface area contributed by atoms with Crippen molar-refractivity contribution in [2.75, 3.05) is 11.9 Å². The van der Waals surface area contributed by atoms with E-state index in [0.717, 1.165) is 28.0 Å². The fraction of sp³-hybridized carbons (Fsp3) is 0.294. The van der Waals surface area contributed by atoms with Crippen molar-refractivity contribution in [3.63, 3.8) is 0 Å². The molecule has 0 aliphatic heterocycles. The largest absolute Gasteiger partial charge is 0.464 e. The Hall–Kier alpha value is -2.17. The maximum Gasteiger partial charge on any atom is 0.260 e. The second kappa shape index (κ2) is 7.83. The lowest BCUT2D eigenvalue weighted by atomic mass is 10.2. The minimum Gasteiger partial charge on any atom is -0.464 e. The van der Waals surface area contributed by atoms with Crippen molar-refractivity contribution < 1.29 is 4.42 Å². The summed E-state index contributed by atoms with van der Waals surface area (Å²) in [6.07, 6.45) is 2.63. The minimum atomic E-state index is -0.155. The first-order valence-electron chi connectivity index (χ1n) is 8.45. The summed E-state index contributed by atoms with van der Waals surface area (Å²) < 4.78 is 6.27. The number of anilines is 1. The molecule has 0 radical (unpaired) electrons. The smallest absolute Gasteiger partial charge is 0.260 e. The van der Waals surface area contributed by atoms with Crippen LogP contribution in [-0.4, -0.2) is 26.7 Å². The van der Waals surface area contributed by atoms with Gasteiger partial charge in [-0.15, -0.1) is 21.5 Å². The number of furan rings is 1. The predicted octanol–water partition coefficient (Wildman–Crippen LogP) is 4.77. The molecule has 0 bridgehead atoms. The highest BCUT2D eigenvalue weighted by molar-refractivity contribution is 8.01. The van der Waals surface area contributed by atoms with Crippen LogP contribution in [0.25, 0.3) is 21.5 Å². The van der Waals surface area contributed by atoms with Crippen LogP contribution in [-0.2, 0) is 0 Å². The van der Waals surface area contributed by atoms with E-state index in [4.69, 9.17) is 4.42 Å². The Kier molecular flexibility index (Phi) is 5.28. The molecule has 10 heteroatoms. The number of nitrogens with one attached hydrogen (secondary N) is 2. The Morgan fingerprint density at radius 3 is 3.07 bits per heavy atom. The van der Waals surface area contributed by atoms with Crippen LogP contribution >= 0.6 is 34.4 Å². The topological polar surface area (TPSA) is 96.7 Å². The number of rotatable bonds is 7. The zero-order valence-electron chi connectivity index (χ0n) is 14.7. The summed E-state index contributed by atoms with van der Waals surface area (Å²) in [4.78, 5) is 21.0. The van der Waals surface area contributed by atoms with Gasteiger partial charge in [-0.05, 0) is 25.5 Å². The van der Waals surface area contributed by atoms with Gasteiger partial charge >= 0.3 is 0 Å². The highest BCUT2D eigenvalue weighted by atomic mass is 32.2. The molecule has 7 nitrogen and oxygen atoms in total. The Bertz CT molecular complexity index is 1100. The summed E-state index contributed by atoms with van der Waals surface area (Å²) in [6, 6.07) is 3.65. The first kappa shape index (κ1) is 18.2. The van der Waals surface area contributed by atoms with E-state index in [1.807, 2.05) is 18.4 Å². The van der Waals surface area contributed by atoms with Gasteiger partial charge in [-0.1, -0.05) is 30.0 Å². The van der Waals surface area contributed by atoms with Crippen molar-refractivity contribution in [1.82, 2.24) is 20.2 Å². The van der Waals surface area contributed by atoms with Gasteiger partial charge in [0.25, 0.3) is 5.56 Å². The molecule has 0 saturated heterocycles. The van der Waals surface area contributed by atoms with Crippen LogP contribution in [0.4, 0.5) is 5.13 Å². The molecule has 4 aromatic rings. The van der Waals surface area contributed by atoms with Crippen LogP contribution in [0.2, 0.25) is 0 Å². The molecule has 0 fully saturated rings. The van der Waals surface area contributed by atoms with E-state index in [1.165, 1.54) is 34.4 Å². The number of hydrogen-bond acceptors (Lipinski definition) is 9. The maximum atomic E-state index is 12.7. The second-order valence-electron chi connectivity index (χ2n) is 5.82. The molecule has 0 aromatic carbocycles. The third kappa shape index (κ3) is 3.78. The predicted molar refractivity (Wildman–Crippen MR) is 111 cm³/mol. The van der Waals surface area contributed by atoms with Gasteiger partial charge in [-0.3, -0.25) is 4.79 Å². The molecule has 0 spiro atoms. The molecule has 0 amide bonds. The van der Waals surface area contributed by atoms with Crippen molar-refractivity contribution in [2.45, 2.75) is 29.9 Å². The number of H-pyrrole nitrogens is 1. The lowest BCUT2D eigenvalue weighted by molar-refractivity contribution is 0.583. The average molecular weight is 420 g/mol. The standard InChI is InChI=1S/C17H17N5O2S3/c1-3-6-18-16-21-22-17(27-16)26-9(2)13-19-14(23)12-10(8-25-15(12)20-13)11-5-4-7-24-11/h4-5,7-9H,3,6H2,1-2H3,(H,18,21)(H,19,20,23). The van der Waals surface area contributed by atoms with E-state index in [2.05, 4.69) is 32.4 Å². The van der Waals surface area contributed by atoms with E-state index in [9.17, 15) is 4.79 Å². The third-order valence-electron chi connectivity index (χ3n) is 3.84. The molecule has 0 saturated carbocycles. The summed E-state index contributed by atoms with van der Waals surface area (Å²) in [7, 11) is 0. The molecule has 0 aliphatic carbocycles. The first-order valence-corrected chi connectivity index (χ1v) is 11.0. The Labute approximate surface area is 167 Å². The molecular formula is C17H17N5O2S3. The fourth-order valence-corrected chi connectivity index (χ4v) is 5.45. The molecule has 2 N–H and O–H groups in total. The minimum absolute atomic E-state index is 0.0526. The number of aromatic nitrogens is 4. The molecular weight excluding hydrogens is 402 g/mol. The normalized spacial score (nSPS) is 12.5. The number of fused-ring (bicyclic) bond motifs is 1. The van der Waals surface area contributed by atoms with Gasteiger partial charge in [0.05, 0.1) is 16.9 Å². The molecule has 1 atom stereocenters. The Morgan fingerprint density at radius 2 is 2.30 bits per heavy atom. The zero-order valence-corrected chi connectivity index (χ0v) is 17.1. The highest BCUT2D eigenvalue weighted by Gasteiger charge is 2.19. The summed E-state index contributed by atoms with van der Waals surface area (Å²) in [5, 5.41) is 14.8. The van der Waals surface area contributed by atoms with Gasteiger partial charge in [-0.25, -0.2) is 4.98 Å². The highest BCUT2D eigenvalue weighted by Crippen LogP contribution is 2.37. The van der Waals surface area contributed by atoms with E-state index < -0.39 is 0 Å². The molecule has 1 unspecified atom stereocenters. The van der Waals surface area contributed by atoms with Crippen LogP contribution in [0.5, 0.6) is 0 Å². The monoisotopic (exact) mass is 419 g/mol. The van der Waals surface area contributed by atoms with Crippen LogP contribution in [0.3, 0.4) is 0 Å². The van der Waals surface area contributed by atoms with Crippen molar-refractivity contribution >= 4 is 49.8 Å². The third-order valence-corrected chi connectivity index (χ3v) is 6.79. The summed E-state index contributed by atoms with van der Waals surface area (Å²) in [5.74, 6) is 1.30. The van der Waals surface area contributed by atoms with Gasteiger partial charge in [-0.2, -0.15) is 0 Å². The summed E-state index contributed by atoms with van der Waals surface area (Å²) in [6.45, 7) is 4.97. The van der Waals surface area contributed by atoms with E-state index in [-0.39, 0.29) is 10.8 Å². The lowest BCUT2D eigenvalue weighted by Gasteiger charge is -2.08. The van der Waals surface area contributed by atoms with E-state index >= 15 is 0 Å². The summed E-state index contributed by atoms with van der Waals surface area (Å²) >= 11 is 4.48. The van der Waals surface area contributed by atoms with Gasteiger partial charge < -0.3 is 14.7 Å². The van der Waals surface area contributed by atoms with Crippen LogP contribution in [0.1, 0.15) is 31.3 Å². The number of thioether (sulfide) groups is 1. The second-order valence-corrected chi connectivity index (χ2v) is 9.24. The molecule has 4 heterocycles. The number of hydrogen-bond donors (Lipinski definition) is 2. The van der Waals surface area contributed by atoms with Crippen molar-refractivity contribution in [3.8, 4) is 11.3 Å². The van der Waals surface area contributed by atoms with Gasteiger partial charge in [0.2, 0.25) is 5.13 Å². The fourth-order valence-electron chi connectivity index (χ4n) is 2.54. The van der Waals surface area contributed by atoms with Gasteiger partial charge in [0, 0.05) is 17.5 Å². The average Bonchev–Trinajstić information content (AvgIpc) is 3.40. The number of aromatic amines is 1. The maximum absolute atomic E-state index is 12.7. The first-order chi connectivity index (χ1) is 13.2. The summed E-state index contributed by atoms with van der Waals surface area (Å²) in [5.41, 5.74) is 0.619. The van der Waals surface area contributed by atoms with Gasteiger partial charge in [0.15, 0.2) is 4.34 Å². The van der Waals surface area contributed by atoms with E-state index in [1.54, 1.807) is 12.3 Å². The zero-order chi connectivity index (χ0) is 18.8. The molecule has 140 valence electrons.